The van der Waals surface area contributed by atoms with E-state index in [-0.39, 0.29) is 16.9 Å². The molecule has 1 N–H and O–H groups in total. The van der Waals surface area contributed by atoms with Crippen LogP contribution in [0.2, 0.25) is 10.0 Å². The Morgan fingerprint density at radius 2 is 0.942 bits per heavy atom. The van der Waals surface area contributed by atoms with Crippen LogP contribution in [0.1, 0.15) is 43.2 Å². The van der Waals surface area contributed by atoms with Crippen molar-refractivity contribution >= 4 is 35.1 Å². The number of carbonyl (C=O) groups is 2. The van der Waals surface area contributed by atoms with Gasteiger partial charge in [0, 0.05) is 43.9 Å². The average molecular weight is 982 g/mol. The Labute approximate surface area is 404 Å². The van der Waals surface area contributed by atoms with Gasteiger partial charge in [-0.2, -0.15) is 17.6 Å². The third kappa shape index (κ3) is 12.1. The van der Waals surface area contributed by atoms with Gasteiger partial charge in [0.05, 0.1) is 18.5 Å². The maximum absolute atomic E-state index is 12.9. The normalized spacial score (nSPS) is 10.9. The van der Waals surface area contributed by atoms with Gasteiger partial charge >= 0.3 is 25.2 Å². The molecular formula is C53H42Cl2F4N2O8. The molecule has 354 valence electrons. The Balaban J connectivity index is 0.000000204. The lowest BCUT2D eigenvalue weighted by Crippen LogP contribution is -2.10. The maximum atomic E-state index is 12.9. The summed E-state index contributed by atoms with van der Waals surface area (Å²) in [5, 5.41) is 10.6. The molecule has 16 heteroatoms. The number of esters is 1. The Morgan fingerprint density at radius 3 is 1.35 bits per heavy atom. The summed E-state index contributed by atoms with van der Waals surface area (Å²) in [6.07, 6.45) is 0. The summed E-state index contributed by atoms with van der Waals surface area (Å²) in [6.45, 7) is -1.77. The molecule has 0 fully saturated rings. The van der Waals surface area contributed by atoms with Gasteiger partial charge in [-0.05, 0) is 122 Å². The second kappa shape index (κ2) is 22.4. The van der Waals surface area contributed by atoms with Crippen LogP contribution >= 0.6 is 23.2 Å². The molecule has 0 unspecified atom stereocenters. The van der Waals surface area contributed by atoms with E-state index < -0.39 is 30.9 Å². The first-order valence-electron chi connectivity index (χ1n) is 21.0. The minimum atomic E-state index is -3.14. The van der Waals surface area contributed by atoms with Crippen molar-refractivity contribution in [3.8, 4) is 56.9 Å². The third-order valence-electron chi connectivity index (χ3n) is 10.6. The van der Waals surface area contributed by atoms with Crippen molar-refractivity contribution in [2.75, 3.05) is 7.11 Å². The van der Waals surface area contributed by atoms with Crippen LogP contribution in [0.15, 0.2) is 158 Å². The highest BCUT2D eigenvalue weighted by Gasteiger charge is 2.22. The van der Waals surface area contributed by atoms with Gasteiger partial charge in [0.2, 0.25) is 0 Å². The molecule has 2 aromatic heterocycles. The lowest BCUT2D eigenvalue weighted by molar-refractivity contribution is -0.0511. The zero-order valence-corrected chi connectivity index (χ0v) is 38.6. The van der Waals surface area contributed by atoms with Crippen LogP contribution in [0.3, 0.4) is 0 Å². The van der Waals surface area contributed by atoms with E-state index in [0.29, 0.717) is 57.4 Å². The summed E-state index contributed by atoms with van der Waals surface area (Å²) in [7, 11) is 1.18. The molecule has 0 aliphatic carbocycles. The molecule has 0 atom stereocenters. The van der Waals surface area contributed by atoms with Crippen LogP contribution < -0.4 is 18.9 Å². The van der Waals surface area contributed by atoms with Crippen molar-refractivity contribution in [1.29, 1.82) is 0 Å². The number of carboxylic acids is 1. The van der Waals surface area contributed by atoms with Crippen LogP contribution in [0.5, 0.6) is 23.0 Å². The number of halogens is 6. The number of aromatic carboxylic acids is 1. The molecule has 0 saturated carbocycles. The molecule has 0 spiro atoms. The summed E-state index contributed by atoms with van der Waals surface area (Å²) in [5.74, 6) is -1.64. The topological polar surface area (TPSA) is 110 Å². The molecule has 0 saturated heterocycles. The van der Waals surface area contributed by atoms with Crippen molar-refractivity contribution in [2.24, 2.45) is 0 Å². The predicted molar refractivity (Wildman–Crippen MR) is 255 cm³/mol. The summed E-state index contributed by atoms with van der Waals surface area (Å²) in [6, 6.07) is 46.0. The molecule has 69 heavy (non-hydrogen) atoms. The van der Waals surface area contributed by atoms with Crippen LogP contribution in [-0.4, -0.2) is 46.5 Å². The molecule has 8 aromatic rings. The number of rotatable bonds is 16. The molecule has 10 nitrogen and oxygen atoms in total. The minimum absolute atomic E-state index is 0.115. The average Bonchev–Trinajstić information content (AvgIpc) is 3.92. The molecule has 8 rings (SSSR count). The standard InChI is InChI=1S/C27H22ClF2NO4.C26H20ClF2NO4/c1-17-8-11-23(21-14-19(28)9-12-24(21)34-16-18-6-4-3-5-7-18)31(17)20-10-13-25(35-27(29)30)22(15-20)26(32)33-2;1-16-7-10-22(30(16)19-9-12-24(34-26(28)29)21(14-19)25(31)32)20-13-18(27)8-11-23(20)33-15-17-5-3-2-4-6-17/h3-15,27H,16H2,1-2H3;2-14,26H,15H2,1H3,(H,31,32). The Morgan fingerprint density at radius 1 is 0.536 bits per heavy atom. The van der Waals surface area contributed by atoms with E-state index in [9.17, 15) is 32.3 Å². The molecular weight excluding hydrogens is 939 g/mol. The fourth-order valence-electron chi connectivity index (χ4n) is 7.46. The number of aryl methyl sites for hydroxylation is 2. The van der Waals surface area contributed by atoms with E-state index >= 15 is 0 Å². The second-order valence-electron chi connectivity index (χ2n) is 15.1. The van der Waals surface area contributed by atoms with Gasteiger partial charge in [-0.3, -0.25) is 0 Å². The quantitative estimate of drug-likeness (QED) is 0.0753. The lowest BCUT2D eigenvalue weighted by atomic mass is 10.1. The number of alkyl halides is 4. The Hall–Kier alpha value is -7.68. The van der Waals surface area contributed by atoms with E-state index in [1.54, 1.807) is 47.0 Å². The highest BCUT2D eigenvalue weighted by Crippen LogP contribution is 2.39. The molecule has 0 radical (unpaired) electrons. The highest BCUT2D eigenvalue weighted by atomic mass is 35.5. The first-order valence-corrected chi connectivity index (χ1v) is 21.8. The molecule has 0 aliphatic heterocycles. The smallest absolute Gasteiger partial charge is 0.387 e. The van der Waals surface area contributed by atoms with Crippen molar-refractivity contribution < 1.29 is 55.9 Å². The van der Waals surface area contributed by atoms with Gasteiger partial charge in [0.15, 0.2) is 0 Å². The number of carbonyl (C=O) groups excluding carboxylic acids is 1. The maximum Gasteiger partial charge on any atom is 0.387 e. The van der Waals surface area contributed by atoms with Crippen molar-refractivity contribution in [2.45, 2.75) is 40.3 Å². The Bertz CT molecular complexity index is 3070. The number of hydrogen-bond acceptors (Lipinski definition) is 7. The van der Waals surface area contributed by atoms with E-state index in [2.05, 4.69) is 9.47 Å². The zero-order valence-electron chi connectivity index (χ0n) is 37.0. The van der Waals surface area contributed by atoms with Crippen LogP contribution in [0.25, 0.3) is 33.9 Å². The highest BCUT2D eigenvalue weighted by molar-refractivity contribution is 6.31. The number of aromatic nitrogens is 2. The van der Waals surface area contributed by atoms with E-state index in [1.165, 1.54) is 37.4 Å². The SMILES string of the molecule is COC(=O)c1cc(-n2c(C)ccc2-c2cc(Cl)ccc2OCc2ccccc2)ccc1OC(F)F.Cc1ccc(-c2cc(Cl)ccc2OCc2ccccc2)n1-c1ccc(OC(F)F)c(C(=O)O)c1. The minimum Gasteiger partial charge on any atom is -0.488 e. The molecule has 0 amide bonds. The molecule has 0 bridgehead atoms. The number of nitrogens with zero attached hydrogens (tertiary/aromatic N) is 2. The number of ether oxygens (including phenoxy) is 5. The summed E-state index contributed by atoms with van der Waals surface area (Å²) < 4.78 is 80.7. The van der Waals surface area contributed by atoms with Gasteiger partial charge in [-0.15, -0.1) is 0 Å². The van der Waals surface area contributed by atoms with Gasteiger partial charge in [-0.1, -0.05) is 83.9 Å². The van der Waals surface area contributed by atoms with Crippen molar-refractivity contribution in [1.82, 2.24) is 9.13 Å². The van der Waals surface area contributed by atoms with Crippen LogP contribution in [0, 0.1) is 13.8 Å². The van der Waals surface area contributed by atoms with E-state index in [1.807, 2.05) is 103 Å². The lowest BCUT2D eigenvalue weighted by Gasteiger charge is -2.18. The molecule has 6 aromatic carbocycles. The number of hydrogen-bond donors (Lipinski definition) is 1. The van der Waals surface area contributed by atoms with E-state index in [0.717, 1.165) is 33.8 Å². The van der Waals surface area contributed by atoms with Gasteiger partial charge < -0.3 is 37.9 Å². The second-order valence-corrected chi connectivity index (χ2v) is 16.0. The number of methoxy groups -OCH3 is 1. The van der Waals surface area contributed by atoms with Crippen LogP contribution in [0.4, 0.5) is 17.6 Å². The van der Waals surface area contributed by atoms with Crippen molar-refractivity contribution in [3.63, 3.8) is 0 Å². The Kier molecular flexibility index (Phi) is 16.0. The number of carboxylic acid groups (broad SMARTS) is 1. The monoisotopic (exact) mass is 980 g/mol. The summed E-state index contributed by atoms with van der Waals surface area (Å²) in [5.41, 5.74) is 7.04. The zero-order chi connectivity index (χ0) is 49.2. The van der Waals surface area contributed by atoms with Crippen molar-refractivity contribution in [3.05, 3.63) is 201 Å². The fraction of sp³-hybridized carbons (Fsp3) is 0.132. The van der Waals surface area contributed by atoms with Crippen LogP contribution in [-0.2, 0) is 18.0 Å². The fourth-order valence-corrected chi connectivity index (χ4v) is 7.80. The number of benzene rings is 6. The van der Waals surface area contributed by atoms with E-state index in [4.69, 9.17) is 37.4 Å². The summed E-state index contributed by atoms with van der Waals surface area (Å²) in [4.78, 5) is 24.0. The molecule has 2 heterocycles. The predicted octanol–water partition coefficient (Wildman–Crippen LogP) is 14.1. The summed E-state index contributed by atoms with van der Waals surface area (Å²) >= 11 is 12.6. The van der Waals surface area contributed by atoms with Gasteiger partial charge in [-0.25, -0.2) is 9.59 Å². The first kappa shape index (κ1) is 49.2. The molecule has 0 aliphatic rings. The van der Waals surface area contributed by atoms with Gasteiger partial charge in [0.25, 0.3) is 0 Å². The first-order chi connectivity index (χ1) is 33.2. The van der Waals surface area contributed by atoms with Gasteiger partial charge in [0.1, 0.15) is 47.3 Å². The largest absolute Gasteiger partial charge is 0.488 e. The third-order valence-corrected chi connectivity index (χ3v) is 11.0.